The van der Waals surface area contributed by atoms with Gasteiger partial charge in [0.15, 0.2) is 0 Å². The molecule has 0 aromatic carbocycles. The SMILES string of the molecule is Cc1cc(C)c(C#N)c(NC2CCCCC2)n1. The summed E-state index contributed by atoms with van der Waals surface area (Å²) in [5.74, 6) is 0.775. The van der Waals surface area contributed by atoms with Crippen molar-refractivity contribution in [2.45, 2.75) is 52.0 Å². The summed E-state index contributed by atoms with van der Waals surface area (Å²) in [6, 6.07) is 4.71. The maximum atomic E-state index is 9.19. The summed E-state index contributed by atoms with van der Waals surface area (Å²) < 4.78 is 0. The van der Waals surface area contributed by atoms with Crippen molar-refractivity contribution in [2.24, 2.45) is 0 Å². The van der Waals surface area contributed by atoms with Gasteiger partial charge in [0.05, 0.1) is 5.56 Å². The first-order chi connectivity index (χ1) is 8.20. The molecule has 1 N–H and O–H groups in total. The highest BCUT2D eigenvalue weighted by molar-refractivity contribution is 5.56. The third-order valence-corrected chi connectivity index (χ3v) is 3.40. The molecule has 0 saturated heterocycles. The fraction of sp³-hybridized carbons (Fsp3) is 0.571. The Morgan fingerprint density at radius 3 is 2.65 bits per heavy atom. The van der Waals surface area contributed by atoms with E-state index in [1.54, 1.807) is 0 Å². The van der Waals surface area contributed by atoms with E-state index in [0.29, 0.717) is 11.6 Å². The van der Waals surface area contributed by atoms with Gasteiger partial charge in [-0.15, -0.1) is 0 Å². The molecule has 1 aromatic rings. The fourth-order valence-electron chi connectivity index (χ4n) is 2.52. The van der Waals surface area contributed by atoms with Crippen molar-refractivity contribution in [3.8, 4) is 6.07 Å². The normalized spacial score (nSPS) is 16.5. The number of nitrogens with one attached hydrogen (secondary N) is 1. The van der Waals surface area contributed by atoms with Gasteiger partial charge in [0.25, 0.3) is 0 Å². The van der Waals surface area contributed by atoms with Crippen molar-refractivity contribution < 1.29 is 0 Å². The van der Waals surface area contributed by atoms with Gasteiger partial charge in [0.2, 0.25) is 0 Å². The van der Waals surface area contributed by atoms with Gasteiger partial charge in [-0.3, -0.25) is 0 Å². The van der Waals surface area contributed by atoms with Crippen LogP contribution in [0.15, 0.2) is 6.07 Å². The van der Waals surface area contributed by atoms with Crippen LogP contribution in [-0.4, -0.2) is 11.0 Å². The Hall–Kier alpha value is -1.56. The van der Waals surface area contributed by atoms with Crippen LogP contribution < -0.4 is 5.32 Å². The van der Waals surface area contributed by atoms with E-state index in [1.807, 2.05) is 19.9 Å². The molecule has 90 valence electrons. The van der Waals surface area contributed by atoms with Crippen LogP contribution in [0.2, 0.25) is 0 Å². The van der Waals surface area contributed by atoms with E-state index in [-0.39, 0.29) is 0 Å². The molecule has 1 aromatic heterocycles. The molecule has 3 heteroatoms. The number of aryl methyl sites for hydroxylation is 2. The molecule has 0 unspecified atom stereocenters. The van der Waals surface area contributed by atoms with Crippen molar-refractivity contribution in [1.29, 1.82) is 5.26 Å². The van der Waals surface area contributed by atoms with Crippen LogP contribution in [0.5, 0.6) is 0 Å². The molecule has 3 nitrogen and oxygen atoms in total. The molecule has 0 bridgehead atoms. The minimum Gasteiger partial charge on any atom is -0.366 e. The van der Waals surface area contributed by atoms with Crippen LogP contribution in [0.3, 0.4) is 0 Å². The molecule has 1 aliphatic carbocycles. The Morgan fingerprint density at radius 2 is 2.00 bits per heavy atom. The summed E-state index contributed by atoms with van der Waals surface area (Å²) in [6.45, 7) is 3.94. The second-order valence-corrected chi connectivity index (χ2v) is 4.90. The number of hydrogen-bond donors (Lipinski definition) is 1. The summed E-state index contributed by atoms with van der Waals surface area (Å²) >= 11 is 0. The monoisotopic (exact) mass is 229 g/mol. The molecule has 0 spiro atoms. The standard InChI is InChI=1S/C14H19N3/c1-10-8-11(2)16-14(13(10)9-15)17-12-6-4-3-5-7-12/h8,12H,3-7H2,1-2H3,(H,16,17). The lowest BCUT2D eigenvalue weighted by molar-refractivity contribution is 0.461. The topological polar surface area (TPSA) is 48.7 Å². The smallest absolute Gasteiger partial charge is 0.144 e. The third-order valence-electron chi connectivity index (χ3n) is 3.40. The predicted octanol–water partition coefficient (Wildman–Crippen LogP) is 3.31. The lowest BCUT2D eigenvalue weighted by Gasteiger charge is -2.24. The summed E-state index contributed by atoms with van der Waals surface area (Å²) in [6.07, 6.45) is 6.29. The summed E-state index contributed by atoms with van der Waals surface area (Å²) in [7, 11) is 0. The van der Waals surface area contributed by atoms with Crippen LogP contribution >= 0.6 is 0 Å². The number of nitriles is 1. The van der Waals surface area contributed by atoms with Crippen LogP contribution in [-0.2, 0) is 0 Å². The van der Waals surface area contributed by atoms with Gasteiger partial charge in [-0.05, 0) is 38.3 Å². The lowest BCUT2D eigenvalue weighted by Crippen LogP contribution is -2.23. The molecule has 1 saturated carbocycles. The maximum absolute atomic E-state index is 9.19. The van der Waals surface area contributed by atoms with Crippen molar-refractivity contribution in [3.05, 3.63) is 22.9 Å². The zero-order valence-electron chi connectivity index (χ0n) is 10.6. The first-order valence-electron chi connectivity index (χ1n) is 6.35. The van der Waals surface area contributed by atoms with E-state index in [2.05, 4.69) is 16.4 Å². The Labute approximate surface area is 103 Å². The van der Waals surface area contributed by atoms with E-state index in [4.69, 9.17) is 0 Å². The van der Waals surface area contributed by atoms with Gasteiger partial charge in [-0.1, -0.05) is 19.3 Å². The summed E-state index contributed by atoms with van der Waals surface area (Å²) in [5, 5.41) is 12.6. The van der Waals surface area contributed by atoms with E-state index in [1.165, 1.54) is 32.1 Å². The van der Waals surface area contributed by atoms with Crippen molar-refractivity contribution in [3.63, 3.8) is 0 Å². The van der Waals surface area contributed by atoms with Crippen molar-refractivity contribution in [2.75, 3.05) is 5.32 Å². The lowest BCUT2D eigenvalue weighted by atomic mass is 9.95. The predicted molar refractivity (Wildman–Crippen MR) is 68.9 cm³/mol. The second-order valence-electron chi connectivity index (χ2n) is 4.90. The molecule has 0 amide bonds. The number of hydrogen-bond acceptors (Lipinski definition) is 3. The molecular formula is C14H19N3. The van der Waals surface area contributed by atoms with E-state index in [0.717, 1.165) is 17.1 Å². The Kier molecular flexibility index (Phi) is 3.63. The largest absolute Gasteiger partial charge is 0.366 e. The van der Waals surface area contributed by atoms with Gasteiger partial charge in [-0.25, -0.2) is 4.98 Å². The molecule has 0 radical (unpaired) electrons. The quantitative estimate of drug-likeness (QED) is 0.846. The Balaban J connectivity index is 2.22. The Morgan fingerprint density at radius 1 is 1.29 bits per heavy atom. The zero-order valence-corrected chi connectivity index (χ0v) is 10.6. The molecule has 1 aliphatic rings. The van der Waals surface area contributed by atoms with Gasteiger partial charge < -0.3 is 5.32 Å². The first kappa shape index (κ1) is 11.9. The fourth-order valence-corrected chi connectivity index (χ4v) is 2.52. The summed E-state index contributed by atoms with van der Waals surface area (Å²) in [5.41, 5.74) is 2.68. The third kappa shape index (κ3) is 2.76. The number of anilines is 1. The van der Waals surface area contributed by atoms with Gasteiger partial charge >= 0.3 is 0 Å². The van der Waals surface area contributed by atoms with Crippen LogP contribution in [0, 0.1) is 25.2 Å². The molecule has 0 aliphatic heterocycles. The minimum atomic E-state index is 0.490. The zero-order chi connectivity index (χ0) is 12.3. The van der Waals surface area contributed by atoms with Gasteiger partial charge in [0.1, 0.15) is 11.9 Å². The minimum absolute atomic E-state index is 0.490. The molecule has 1 fully saturated rings. The van der Waals surface area contributed by atoms with Crippen LogP contribution in [0.25, 0.3) is 0 Å². The number of nitrogens with zero attached hydrogens (tertiary/aromatic N) is 2. The van der Waals surface area contributed by atoms with Crippen molar-refractivity contribution >= 4 is 5.82 Å². The number of aromatic nitrogens is 1. The average Bonchev–Trinajstić information content (AvgIpc) is 2.30. The van der Waals surface area contributed by atoms with E-state index < -0.39 is 0 Å². The second kappa shape index (κ2) is 5.18. The molecular weight excluding hydrogens is 210 g/mol. The van der Waals surface area contributed by atoms with Crippen LogP contribution in [0.1, 0.15) is 48.9 Å². The molecule has 2 rings (SSSR count). The average molecular weight is 229 g/mol. The highest BCUT2D eigenvalue weighted by Crippen LogP contribution is 2.24. The first-order valence-corrected chi connectivity index (χ1v) is 6.35. The van der Waals surface area contributed by atoms with Crippen molar-refractivity contribution in [1.82, 2.24) is 4.98 Å². The highest BCUT2D eigenvalue weighted by atomic mass is 15.0. The van der Waals surface area contributed by atoms with E-state index >= 15 is 0 Å². The molecule has 0 atom stereocenters. The van der Waals surface area contributed by atoms with Crippen LogP contribution in [0.4, 0.5) is 5.82 Å². The number of rotatable bonds is 2. The van der Waals surface area contributed by atoms with Gasteiger partial charge in [0, 0.05) is 11.7 Å². The Bertz CT molecular complexity index is 440. The highest BCUT2D eigenvalue weighted by Gasteiger charge is 2.16. The number of pyridine rings is 1. The molecule has 1 heterocycles. The summed E-state index contributed by atoms with van der Waals surface area (Å²) in [4.78, 5) is 4.47. The maximum Gasteiger partial charge on any atom is 0.144 e. The van der Waals surface area contributed by atoms with E-state index in [9.17, 15) is 5.26 Å². The molecule has 17 heavy (non-hydrogen) atoms. The van der Waals surface area contributed by atoms with Gasteiger partial charge in [-0.2, -0.15) is 5.26 Å².